The van der Waals surface area contributed by atoms with Crippen LogP contribution in [-0.4, -0.2) is 13.3 Å². The van der Waals surface area contributed by atoms with E-state index in [1.807, 2.05) is 0 Å². The van der Waals surface area contributed by atoms with Crippen LogP contribution in [0, 0.1) is 0 Å². The van der Waals surface area contributed by atoms with Crippen LogP contribution in [0.15, 0.2) is 194 Å². The van der Waals surface area contributed by atoms with Gasteiger partial charge in [0.2, 0.25) is 0 Å². The highest BCUT2D eigenvalue weighted by molar-refractivity contribution is 7.00. The van der Waals surface area contributed by atoms with Gasteiger partial charge >= 0.3 is 0 Å². The molecule has 0 spiro atoms. The van der Waals surface area contributed by atoms with Crippen molar-refractivity contribution in [3.05, 3.63) is 200 Å². The third kappa shape index (κ3) is 4.77. The van der Waals surface area contributed by atoms with Crippen molar-refractivity contribution in [3.8, 4) is 22.3 Å². The Morgan fingerprint density at radius 1 is 0.444 bits per heavy atom. The Balaban J connectivity index is 1.23. The van der Waals surface area contributed by atoms with Crippen molar-refractivity contribution in [2.45, 2.75) is 6.42 Å². The van der Waals surface area contributed by atoms with Gasteiger partial charge in [-0.15, -0.1) is 0 Å². The summed E-state index contributed by atoms with van der Waals surface area (Å²) in [6.45, 7) is 1.02. The summed E-state index contributed by atoms with van der Waals surface area (Å²) in [5, 5.41) is 0. The van der Waals surface area contributed by atoms with Crippen LogP contribution in [0.2, 0.25) is 0 Å². The van der Waals surface area contributed by atoms with Gasteiger partial charge in [0.25, 0.3) is 6.71 Å². The second kappa shape index (κ2) is 12.4. The van der Waals surface area contributed by atoms with Crippen molar-refractivity contribution in [1.82, 2.24) is 0 Å². The smallest absolute Gasteiger partial charge is 0.252 e. The molecule has 3 nitrogen and oxygen atoms in total. The highest BCUT2D eigenvalue weighted by Gasteiger charge is 2.46. The lowest BCUT2D eigenvalue weighted by atomic mass is 9.33. The Labute approximate surface area is 317 Å². The Hall–Kier alpha value is -6.78. The molecule has 0 unspecified atom stereocenters. The fraction of sp³-hybridized carbons (Fsp3) is 0.0400. The second-order valence-electron chi connectivity index (χ2n) is 14.4. The minimum atomic E-state index is 0.0821. The molecule has 0 saturated carbocycles. The van der Waals surface area contributed by atoms with Crippen molar-refractivity contribution < 1.29 is 0 Å². The normalized spacial score (nSPS) is 13.3. The third-order valence-electron chi connectivity index (χ3n) is 11.5. The highest BCUT2D eigenvalue weighted by atomic mass is 15.2. The van der Waals surface area contributed by atoms with E-state index in [0.29, 0.717) is 0 Å². The van der Waals surface area contributed by atoms with Gasteiger partial charge in [0.1, 0.15) is 0 Å². The first-order valence-electron chi connectivity index (χ1n) is 18.9. The van der Waals surface area contributed by atoms with Gasteiger partial charge < -0.3 is 14.7 Å². The molecule has 8 aromatic rings. The molecule has 0 atom stereocenters. The summed E-state index contributed by atoms with van der Waals surface area (Å²) in [6, 6.07) is 71.1. The molecular formula is C50H36BN3. The summed E-state index contributed by atoms with van der Waals surface area (Å²) < 4.78 is 0. The van der Waals surface area contributed by atoms with Gasteiger partial charge in [0.05, 0.1) is 5.69 Å². The van der Waals surface area contributed by atoms with Crippen molar-refractivity contribution in [2.75, 3.05) is 21.2 Å². The lowest BCUT2D eigenvalue weighted by molar-refractivity contribution is 1.000. The molecule has 0 aromatic heterocycles. The summed E-state index contributed by atoms with van der Waals surface area (Å²) in [6.07, 6.45) is 1.00. The molecule has 3 aliphatic heterocycles. The van der Waals surface area contributed by atoms with Gasteiger partial charge in [0, 0.05) is 46.4 Å². The van der Waals surface area contributed by atoms with Crippen LogP contribution >= 0.6 is 0 Å². The summed E-state index contributed by atoms with van der Waals surface area (Å²) in [4.78, 5) is 7.57. The van der Waals surface area contributed by atoms with Gasteiger partial charge in [-0.3, -0.25) is 0 Å². The fourth-order valence-electron chi connectivity index (χ4n) is 9.22. The molecule has 11 rings (SSSR count). The first-order chi connectivity index (χ1) is 26.8. The van der Waals surface area contributed by atoms with Gasteiger partial charge in [-0.25, -0.2) is 0 Å². The van der Waals surface area contributed by atoms with Gasteiger partial charge in [0.15, 0.2) is 0 Å². The molecule has 0 radical (unpaired) electrons. The Morgan fingerprint density at radius 3 is 1.69 bits per heavy atom. The molecule has 3 aliphatic rings. The van der Waals surface area contributed by atoms with Crippen LogP contribution in [0.25, 0.3) is 22.3 Å². The quantitative estimate of drug-likeness (QED) is 0.161. The number of rotatable bonds is 6. The zero-order valence-corrected chi connectivity index (χ0v) is 29.8. The number of nitrogens with zero attached hydrogens (tertiary/aromatic N) is 3. The topological polar surface area (TPSA) is 9.72 Å². The van der Waals surface area contributed by atoms with E-state index in [1.54, 1.807) is 0 Å². The van der Waals surface area contributed by atoms with Crippen LogP contribution in [0.3, 0.4) is 0 Å². The van der Waals surface area contributed by atoms with E-state index >= 15 is 0 Å². The zero-order chi connectivity index (χ0) is 35.6. The summed E-state index contributed by atoms with van der Waals surface area (Å²) >= 11 is 0. The van der Waals surface area contributed by atoms with E-state index in [1.165, 1.54) is 67.0 Å². The molecule has 8 aromatic carbocycles. The van der Waals surface area contributed by atoms with Gasteiger partial charge in [-0.1, -0.05) is 140 Å². The Morgan fingerprint density at radius 2 is 1.02 bits per heavy atom. The number of hydrogen-bond donors (Lipinski definition) is 0. The number of para-hydroxylation sites is 3. The zero-order valence-electron chi connectivity index (χ0n) is 29.8. The molecule has 0 aliphatic carbocycles. The van der Waals surface area contributed by atoms with E-state index in [0.717, 1.165) is 35.7 Å². The Kier molecular flexibility index (Phi) is 7.09. The standard InChI is InChI=1S/C50H36BN3/c1-6-16-35(17-7-1)37-26-28-44-46(32-37)54(40-24-14-5-15-25-40)48-34-41(53(38-20-10-3-11-21-38)39-22-12-4-13-23-39)33-47-49(48)51(44)45-29-27-42(36-18-8-2-9-19-36)43-30-31-52(47)50(43)45/h1-29,32-34H,30-31H2. The summed E-state index contributed by atoms with van der Waals surface area (Å²) in [5.41, 5.74) is 20.3. The van der Waals surface area contributed by atoms with Gasteiger partial charge in [-0.2, -0.15) is 0 Å². The van der Waals surface area contributed by atoms with Crippen LogP contribution < -0.4 is 31.1 Å². The Bertz CT molecular complexity index is 2620. The molecular weight excluding hydrogens is 653 g/mol. The molecule has 54 heavy (non-hydrogen) atoms. The summed E-state index contributed by atoms with van der Waals surface area (Å²) in [5.74, 6) is 0. The first kappa shape index (κ1) is 30.8. The molecule has 254 valence electrons. The largest absolute Gasteiger partial charge is 0.342 e. The van der Waals surface area contributed by atoms with Gasteiger partial charge in [-0.05, 0) is 105 Å². The van der Waals surface area contributed by atoms with Crippen LogP contribution in [-0.2, 0) is 6.42 Å². The number of benzene rings is 8. The predicted octanol–water partition coefficient (Wildman–Crippen LogP) is 10.8. The first-order valence-corrected chi connectivity index (χ1v) is 18.9. The molecule has 0 fully saturated rings. The van der Waals surface area contributed by atoms with E-state index in [9.17, 15) is 0 Å². The molecule has 3 heterocycles. The van der Waals surface area contributed by atoms with E-state index in [2.05, 4.69) is 209 Å². The molecule has 0 bridgehead atoms. The maximum atomic E-state index is 2.64. The SMILES string of the molecule is c1ccc(-c2ccc3c(c2)N(c2ccccc2)c2cc(N(c4ccccc4)c4ccccc4)cc4c2B3c2ccc(-c3ccccc3)c3c2N4CC3)cc1. The number of fused-ring (bicyclic) bond motifs is 4. The lowest BCUT2D eigenvalue weighted by Gasteiger charge is -2.44. The van der Waals surface area contributed by atoms with E-state index < -0.39 is 0 Å². The van der Waals surface area contributed by atoms with Crippen molar-refractivity contribution in [3.63, 3.8) is 0 Å². The maximum absolute atomic E-state index is 2.64. The molecule has 4 heteroatoms. The molecule has 0 amide bonds. The van der Waals surface area contributed by atoms with Crippen LogP contribution in [0.5, 0.6) is 0 Å². The lowest BCUT2D eigenvalue weighted by Crippen LogP contribution is -2.61. The predicted molar refractivity (Wildman–Crippen MR) is 228 cm³/mol. The van der Waals surface area contributed by atoms with E-state index in [4.69, 9.17) is 0 Å². The minimum absolute atomic E-state index is 0.0821. The molecule has 0 saturated heterocycles. The highest BCUT2D eigenvalue weighted by Crippen LogP contribution is 2.49. The fourth-order valence-corrected chi connectivity index (χ4v) is 9.22. The average Bonchev–Trinajstić information content (AvgIpc) is 3.70. The number of anilines is 8. The number of hydrogen-bond acceptors (Lipinski definition) is 3. The van der Waals surface area contributed by atoms with Crippen LogP contribution in [0.4, 0.5) is 45.5 Å². The summed E-state index contributed by atoms with van der Waals surface area (Å²) in [7, 11) is 0. The van der Waals surface area contributed by atoms with Crippen molar-refractivity contribution >= 4 is 68.6 Å². The van der Waals surface area contributed by atoms with E-state index in [-0.39, 0.29) is 6.71 Å². The monoisotopic (exact) mass is 689 g/mol. The molecule has 0 N–H and O–H groups in total. The van der Waals surface area contributed by atoms with Crippen molar-refractivity contribution in [1.29, 1.82) is 0 Å². The average molecular weight is 690 g/mol. The maximum Gasteiger partial charge on any atom is 0.252 e. The van der Waals surface area contributed by atoms with Crippen LogP contribution in [0.1, 0.15) is 5.56 Å². The second-order valence-corrected chi connectivity index (χ2v) is 14.4. The third-order valence-corrected chi connectivity index (χ3v) is 11.5. The van der Waals surface area contributed by atoms with Crippen molar-refractivity contribution in [2.24, 2.45) is 0 Å². The minimum Gasteiger partial charge on any atom is -0.342 e.